The number of carbonyl (C=O) groups is 2. The van der Waals surface area contributed by atoms with Crippen molar-refractivity contribution in [2.24, 2.45) is 0 Å². The summed E-state index contributed by atoms with van der Waals surface area (Å²) in [6.45, 7) is 0. The van der Waals surface area contributed by atoms with E-state index in [0.717, 1.165) is 11.3 Å². The second-order valence-electron chi connectivity index (χ2n) is 3.80. The zero-order valence-electron chi connectivity index (χ0n) is 10.6. The third kappa shape index (κ3) is 3.31. The Hall–Kier alpha value is -2.13. The number of carbonyl (C=O) groups excluding carboxylic acids is 1. The molecular weight excluding hydrogens is 364 g/mol. The minimum absolute atomic E-state index is 0.0201. The number of nitrogens with one attached hydrogen (secondary N) is 1. The highest BCUT2D eigenvalue weighted by Crippen LogP contribution is 2.34. The maximum atomic E-state index is 12.1. The lowest BCUT2D eigenvalue weighted by Crippen LogP contribution is -2.12. The van der Waals surface area contributed by atoms with Gasteiger partial charge in [0.05, 0.1) is 12.7 Å². The Morgan fingerprint density at radius 2 is 2.14 bits per heavy atom. The van der Waals surface area contributed by atoms with E-state index in [-0.39, 0.29) is 27.9 Å². The van der Waals surface area contributed by atoms with Crippen LogP contribution in [-0.4, -0.2) is 34.2 Å². The molecule has 3 N–H and O–H groups in total. The number of amides is 1. The summed E-state index contributed by atoms with van der Waals surface area (Å²) in [4.78, 5) is 26.6. The summed E-state index contributed by atoms with van der Waals surface area (Å²) in [6, 6.07) is 2.93. The van der Waals surface area contributed by atoms with Gasteiger partial charge in [-0.25, -0.2) is 9.78 Å². The van der Waals surface area contributed by atoms with E-state index in [0.29, 0.717) is 4.47 Å². The van der Waals surface area contributed by atoms with Gasteiger partial charge in [-0.15, -0.1) is 11.3 Å². The van der Waals surface area contributed by atoms with Crippen molar-refractivity contribution in [1.29, 1.82) is 0 Å². The Labute approximate surface area is 131 Å². The number of anilines is 1. The van der Waals surface area contributed by atoms with Crippen LogP contribution in [0.5, 0.6) is 11.5 Å². The van der Waals surface area contributed by atoms with Gasteiger partial charge in [0.15, 0.2) is 22.3 Å². The molecule has 1 amide bonds. The number of aromatic carboxylic acids is 1. The van der Waals surface area contributed by atoms with Crippen molar-refractivity contribution in [3.63, 3.8) is 0 Å². The highest BCUT2D eigenvalue weighted by atomic mass is 79.9. The number of carboxylic acids is 1. The lowest BCUT2D eigenvalue weighted by Gasteiger charge is -2.09. The Kier molecular flexibility index (Phi) is 4.43. The molecule has 0 atom stereocenters. The fraction of sp³-hybridized carbons (Fsp3) is 0.0833. The van der Waals surface area contributed by atoms with Crippen molar-refractivity contribution in [3.05, 3.63) is 33.2 Å². The lowest BCUT2D eigenvalue weighted by atomic mass is 10.1. The molecule has 110 valence electrons. The maximum Gasteiger partial charge on any atom is 0.355 e. The molecule has 9 heteroatoms. The summed E-state index contributed by atoms with van der Waals surface area (Å²) in [7, 11) is 1.36. The topological polar surface area (TPSA) is 109 Å². The molecule has 2 rings (SSSR count). The van der Waals surface area contributed by atoms with Crippen LogP contribution in [0.3, 0.4) is 0 Å². The van der Waals surface area contributed by atoms with E-state index in [9.17, 15) is 14.7 Å². The molecule has 0 bridgehead atoms. The van der Waals surface area contributed by atoms with Gasteiger partial charge < -0.3 is 14.9 Å². The van der Waals surface area contributed by atoms with Crippen LogP contribution in [-0.2, 0) is 0 Å². The number of phenols is 1. The van der Waals surface area contributed by atoms with Gasteiger partial charge >= 0.3 is 5.97 Å². The number of benzene rings is 1. The summed E-state index contributed by atoms with van der Waals surface area (Å²) in [5, 5.41) is 22.6. The minimum atomic E-state index is -1.18. The quantitative estimate of drug-likeness (QED) is 0.760. The number of phenolic OH excluding ortho intramolecular Hbond substituents is 1. The smallest absolute Gasteiger partial charge is 0.355 e. The molecule has 0 aliphatic carbocycles. The number of aromatic nitrogens is 1. The molecule has 0 spiro atoms. The fourth-order valence-electron chi connectivity index (χ4n) is 1.50. The maximum absolute atomic E-state index is 12.1. The molecule has 0 aliphatic heterocycles. The Bertz CT molecular complexity index is 716. The molecule has 21 heavy (non-hydrogen) atoms. The van der Waals surface area contributed by atoms with E-state index < -0.39 is 11.9 Å². The number of ether oxygens (including phenoxy) is 1. The zero-order valence-corrected chi connectivity index (χ0v) is 13.0. The van der Waals surface area contributed by atoms with E-state index in [1.54, 1.807) is 0 Å². The van der Waals surface area contributed by atoms with Crippen molar-refractivity contribution < 1.29 is 24.5 Å². The summed E-state index contributed by atoms with van der Waals surface area (Å²) in [6.07, 6.45) is 0. The number of aromatic hydroxyl groups is 1. The van der Waals surface area contributed by atoms with Gasteiger partial charge in [-0.3, -0.25) is 10.1 Å². The second-order valence-corrected chi connectivity index (χ2v) is 5.58. The lowest BCUT2D eigenvalue weighted by molar-refractivity contribution is 0.0691. The molecule has 0 saturated heterocycles. The van der Waals surface area contributed by atoms with Crippen molar-refractivity contribution >= 4 is 44.3 Å². The fourth-order valence-corrected chi connectivity index (χ4v) is 2.61. The number of thiazole rings is 1. The molecular formula is C12H9BrN2O5S. The highest BCUT2D eigenvalue weighted by Gasteiger charge is 2.18. The van der Waals surface area contributed by atoms with Crippen molar-refractivity contribution in [1.82, 2.24) is 4.98 Å². The molecule has 1 heterocycles. The normalized spacial score (nSPS) is 10.2. The predicted octanol–water partition coefficient (Wildman–Crippen LogP) is 2.57. The van der Waals surface area contributed by atoms with Gasteiger partial charge in [0.25, 0.3) is 5.91 Å². The number of halogens is 1. The average Bonchev–Trinajstić information content (AvgIpc) is 2.89. The molecule has 0 aliphatic rings. The standard InChI is InChI=1S/C12H9BrN2O5S/c1-20-8-3-5(13)2-6(9(8)16)10(17)15-12-14-7(4-21-12)11(18)19/h2-4,16H,1H3,(H,18,19)(H,14,15,17). The number of hydrogen-bond acceptors (Lipinski definition) is 6. The van der Waals surface area contributed by atoms with Crippen LogP contribution in [0.1, 0.15) is 20.8 Å². The molecule has 7 nitrogen and oxygen atoms in total. The number of rotatable bonds is 4. The Morgan fingerprint density at radius 3 is 2.71 bits per heavy atom. The van der Waals surface area contributed by atoms with Crippen molar-refractivity contribution in [2.75, 3.05) is 12.4 Å². The van der Waals surface area contributed by atoms with Gasteiger partial charge in [-0.2, -0.15) is 0 Å². The number of carboxylic acid groups (broad SMARTS) is 1. The van der Waals surface area contributed by atoms with Crippen LogP contribution in [0.15, 0.2) is 22.0 Å². The van der Waals surface area contributed by atoms with Gasteiger partial charge in [-0.05, 0) is 12.1 Å². The van der Waals surface area contributed by atoms with Crippen LogP contribution in [0.4, 0.5) is 5.13 Å². The first-order chi connectivity index (χ1) is 9.92. The first kappa shape index (κ1) is 15.3. The molecule has 2 aromatic rings. The molecule has 1 aromatic heterocycles. The minimum Gasteiger partial charge on any atom is -0.504 e. The number of hydrogen-bond donors (Lipinski definition) is 3. The summed E-state index contributed by atoms with van der Waals surface area (Å²) in [5.74, 6) is -1.98. The van der Waals surface area contributed by atoms with Gasteiger partial charge in [0.1, 0.15) is 0 Å². The van der Waals surface area contributed by atoms with Crippen LogP contribution >= 0.6 is 27.3 Å². The van der Waals surface area contributed by atoms with E-state index in [1.807, 2.05) is 0 Å². The van der Waals surface area contributed by atoms with Crippen molar-refractivity contribution in [3.8, 4) is 11.5 Å². The molecule has 1 aromatic carbocycles. The van der Waals surface area contributed by atoms with Gasteiger partial charge in [-0.1, -0.05) is 15.9 Å². The van der Waals surface area contributed by atoms with Crippen LogP contribution in [0.25, 0.3) is 0 Å². The second kappa shape index (κ2) is 6.10. The molecule has 0 fully saturated rings. The molecule has 0 unspecified atom stereocenters. The first-order valence-corrected chi connectivity index (χ1v) is 7.16. The SMILES string of the molecule is COc1cc(Br)cc(C(=O)Nc2nc(C(=O)O)cs2)c1O. The van der Waals surface area contributed by atoms with E-state index >= 15 is 0 Å². The Balaban J connectivity index is 2.27. The number of nitrogens with zero attached hydrogens (tertiary/aromatic N) is 1. The first-order valence-electron chi connectivity index (χ1n) is 5.49. The molecule has 0 radical (unpaired) electrons. The third-order valence-electron chi connectivity index (χ3n) is 2.45. The summed E-state index contributed by atoms with van der Waals surface area (Å²) < 4.78 is 5.50. The summed E-state index contributed by atoms with van der Waals surface area (Å²) >= 11 is 4.18. The van der Waals surface area contributed by atoms with Gasteiger partial charge in [0.2, 0.25) is 0 Å². The van der Waals surface area contributed by atoms with E-state index in [1.165, 1.54) is 24.6 Å². The molecule has 0 saturated carbocycles. The summed E-state index contributed by atoms with van der Waals surface area (Å²) in [5.41, 5.74) is -0.181. The monoisotopic (exact) mass is 372 g/mol. The van der Waals surface area contributed by atoms with Crippen LogP contribution in [0.2, 0.25) is 0 Å². The average molecular weight is 373 g/mol. The Morgan fingerprint density at radius 1 is 1.43 bits per heavy atom. The third-order valence-corrected chi connectivity index (χ3v) is 3.66. The largest absolute Gasteiger partial charge is 0.504 e. The zero-order chi connectivity index (χ0) is 15.6. The number of methoxy groups -OCH3 is 1. The van der Waals surface area contributed by atoms with E-state index in [2.05, 4.69) is 26.2 Å². The van der Waals surface area contributed by atoms with Crippen molar-refractivity contribution in [2.45, 2.75) is 0 Å². The predicted molar refractivity (Wildman–Crippen MR) is 79.4 cm³/mol. The van der Waals surface area contributed by atoms with Gasteiger partial charge in [0, 0.05) is 9.85 Å². The van der Waals surface area contributed by atoms with E-state index in [4.69, 9.17) is 9.84 Å². The highest BCUT2D eigenvalue weighted by molar-refractivity contribution is 9.10. The van der Waals surface area contributed by atoms with Crippen LogP contribution in [0, 0.1) is 0 Å². The van der Waals surface area contributed by atoms with Crippen LogP contribution < -0.4 is 10.1 Å².